The molecule has 2 nitrogen and oxygen atoms in total. The molecule has 0 heterocycles. The van der Waals surface area contributed by atoms with Gasteiger partial charge in [0.2, 0.25) is 0 Å². The Labute approximate surface area is 84.3 Å². The highest BCUT2D eigenvalue weighted by Gasteiger charge is 2.00. The molecule has 0 atom stereocenters. The van der Waals surface area contributed by atoms with Crippen molar-refractivity contribution in [3.05, 3.63) is 30.3 Å². The number of hydrogen-bond donors (Lipinski definition) is 0. The molecule has 13 heavy (non-hydrogen) atoms. The highest BCUT2D eigenvalue weighted by Crippen LogP contribution is 2.09. The number of hydrogen-bond acceptors (Lipinski definition) is 2. The van der Waals surface area contributed by atoms with Crippen LogP contribution in [0.5, 0.6) is 5.75 Å². The van der Waals surface area contributed by atoms with Gasteiger partial charge in [0.05, 0.1) is 0 Å². The lowest BCUT2D eigenvalue weighted by atomic mass is 10.3. The number of carbonyl (C=O) groups excluding carboxylic acids is 1. The smallest absolute Gasteiger partial charge is 0.311 e. The molecular formula is C10H13ClO2. The second kappa shape index (κ2) is 6.49. The summed E-state index contributed by atoms with van der Waals surface area (Å²) in [5.74, 6) is 0.458. The predicted molar refractivity (Wildman–Crippen MR) is 54.2 cm³/mol. The molecule has 0 saturated carbocycles. The van der Waals surface area contributed by atoms with Crippen LogP contribution in [0.1, 0.15) is 19.8 Å². The van der Waals surface area contributed by atoms with E-state index in [1.54, 1.807) is 12.1 Å². The molecule has 0 aliphatic carbocycles. The minimum atomic E-state index is -0.163. The molecule has 0 aromatic heterocycles. The molecule has 0 aliphatic rings. The van der Waals surface area contributed by atoms with Gasteiger partial charge in [-0.15, -0.1) is 12.4 Å². The van der Waals surface area contributed by atoms with Crippen molar-refractivity contribution in [2.75, 3.05) is 0 Å². The lowest BCUT2D eigenvalue weighted by molar-refractivity contribution is -0.134. The van der Waals surface area contributed by atoms with Gasteiger partial charge in [-0.1, -0.05) is 25.1 Å². The van der Waals surface area contributed by atoms with Crippen LogP contribution in [0.2, 0.25) is 0 Å². The fraction of sp³-hybridized carbons (Fsp3) is 0.300. The van der Waals surface area contributed by atoms with Gasteiger partial charge in [0.25, 0.3) is 0 Å². The Bertz CT molecular complexity index is 246. The Balaban J connectivity index is 0.00000144. The maximum Gasteiger partial charge on any atom is 0.311 e. The summed E-state index contributed by atoms with van der Waals surface area (Å²) >= 11 is 0. The SMILES string of the molecule is CCCC(=O)Oc1ccccc1.Cl. The van der Waals surface area contributed by atoms with Crippen molar-refractivity contribution < 1.29 is 9.53 Å². The van der Waals surface area contributed by atoms with Crippen LogP contribution in [0, 0.1) is 0 Å². The van der Waals surface area contributed by atoms with Crippen LogP contribution in [-0.4, -0.2) is 5.97 Å². The maximum atomic E-state index is 11.0. The van der Waals surface area contributed by atoms with Gasteiger partial charge in [-0.25, -0.2) is 0 Å². The summed E-state index contributed by atoms with van der Waals surface area (Å²) in [5.41, 5.74) is 0. The lowest BCUT2D eigenvalue weighted by Gasteiger charge is -2.01. The fourth-order valence-corrected chi connectivity index (χ4v) is 0.875. The standard InChI is InChI=1S/C10H12O2.ClH/c1-2-6-10(11)12-9-7-4-3-5-8-9;/h3-5,7-8H,2,6H2,1H3;1H. The van der Waals surface area contributed by atoms with E-state index in [0.29, 0.717) is 12.2 Å². The minimum absolute atomic E-state index is 0. The molecule has 0 N–H and O–H groups in total. The van der Waals surface area contributed by atoms with E-state index in [1.165, 1.54) is 0 Å². The molecule has 0 aliphatic heterocycles. The second-order valence-electron chi connectivity index (χ2n) is 2.54. The Morgan fingerprint density at radius 3 is 2.46 bits per heavy atom. The zero-order valence-electron chi connectivity index (χ0n) is 7.53. The average molecular weight is 201 g/mol. The third kappa shape index (κ3) is 4.53. The van der Waals surface area contributed by atoms with E-state index in [0.717, 1.165) is 6.42 Å². The molecule has 1 aromatic rings. The number of para-hydroxylation sites is 1. The summed E-state index contributed by atoms with van der Waals surface area (Å²) in [6, 6.07) is 9.11. The monoisotopic (exact) mass is 200 g/mol. The van der Waals surface area contributed by atoms with Crippen LogP contribution in [0.25, 0.3) is 0 Å². The number of rotatable bonds is 3. The maximum absolute atomic E-state index is 11.0. The normalized spacial score (nSPS) is 8.69. The Kier molecular flexibility index (Phi) is 5.98. The summed E-state index contributed by atoms with van der Waals surface area (Å²) in [4.78, 5) is 11.0. The van der Waals surface area contributed by atoms with Gasteiger partial charge in [0.1, 0.15) is 5.75 Å². The Morgan fingerprint density at radius 1 is 1.31 bits per heavy atom. The Hall–Kier alpha value is -1.02. The van der Waals surface area contributed by atoms with Gasteiger partial charge in [0.15, 0.2) is 0 Å². The third-order valence-electron chi connectivity index (χ3n) is 1.43. The molecule has 0 amide bonds. The first kappa shape index (κ1) is 12.0. The summed E-state index contributed by atoms with van der Waals surface area (Å²) in [7, 11) is 0. The van der Waals surface area contributed by atoms with Crippen molar-refractivity contribution in [1.29, 1.82) is 0 Å². The van der Waals surface area contributed by atoms with E-state index in [-0.39, 0.29) is 18.4 Å². The molecule has 0 spiro atoms. The zero-order valence-corrected chi connectivity index (χ0v) is 8.34. The molecule has 0 fully saturated rings. The van der Waals surface area contributed by atoms with Gasteiger partial charge in [-0.05, 0) is 18.6 Å². The molecule has 0 bridgehead atoms. The van der Waals surface area contributed by atoms with Crippen LogP contribution in [-0.2, 0) is 4.79 Å². The molecule has 0 unspecified atom stereocenters. The van der Waals surface area contributed by atoms with Crippen molar-refractivity contribution >= 4 is 18.4 Å². The molecule has 1 aromatic carbocycles. The quantitative estimate of drug-likeness (QED) is 0.554. The van der Waals surface area contributed by atoms with Crippen LogP contribution in [0.4, 0.5) is 0 Å². The van der Waals surface area contributed by atoms with Crippen molar-refractivity contribution in [1.82, 2.24) is 0 Å². The summed E-state index contributed by atoms with van der Waals surface area (Å²) in [6.07, 6.45) is 1.31. The van der Waals surface area contributed by atoms with Crippen molar-refractivity contribution in [2.24, 2.45) is 0 Å². The lowest BCUT2D eigenvalue weighted by Crippen LogP contribution is -2.06. The van der Waals surface area contributed by atoms with Crippen LogP contribution >= 0.6 is 12.4 Å². The number of benzene rings is 1. The van der Waals surface area contributed by atoms with Crippen molar-refractivity contribution in [2.45, 2.75) is 19.8 Å². The van der Waals surface area contributed by atoms with E-state index in [2.05, 4.69) is 0 Å². The summed E-state index contributed by atoms with van der Waals surface area (Å²) in [5, 5.41) is 0. The van der Waals surface area contributed by atoms with E-state index in [9.17, 15) is 4.79 Å². The average Bonchev–Trinajstić information content (AvgIpc) is 2.06. The van der Waals surface area contributed by atoms with Crippen LogP contribution in [0.3, 0.4) is 0 Å². The summed E-state index contributed by atoms with van der Waals surface area (Å²) < 4.78 is 5.02. The number of ether oxygens (including phenoxy) is 1. The van der Waals surface area contributed by atoms with E-state index in [4.69, 9.17) is 4.74 Å². The van der Waals surface area contributed by atoms with Gasteiger partial charge < -0.3 is 4.74 Å². The second-order valence-corrected chi connectivity index (χ2v) is 2.54. The zero-order chi connectivity index (χ0) is 8.81. The first-order valence-corrected chi connectivity index (χ1v) is 4.08. The fourth-order valence-electron chi connectivity index (χ4n) is 0.875. The molecule has 0 radical (unpaired) electrons. The van der Waals surface area contributed by atoms with E-state index < -0.39 is 0 Å². The molecular weight excluding hydrogens is 188 g/mol. The number of esters is 1. The predicted octanol–water partition coefficient (Wildman–Crippen LogP) is 2.81. The van der Waals surface area contributed by atoms with Crippen molar-refractivity contribution in [3.63, 3.8) is 0 Å². The molecule has 0 saturated heterocycles. The summed E-state index contributed by atoms with van der Waals surface area (Å²) in [6.45, 7) is 1.95. The van der Waals surface area contributed by atoms with Crippen LogP contribution in [0.15, 0.2) is 30.3 Å². The number of carbonyl (C=O) groups is 1. The van der Waals surface area contributed by atoms with E-state index in [1.807, 2.05) is 25.1 Å². The molecule has 3 heteroatoms. The largest absolute Gasteiger partial charge is 0.427 e. The van der Waals surface area contributed by atoms with Gasteiger partial charge in [0, 0.05) is 6.42 Å². The molecule has 1 rings (SSSR count). The first-order chi connectivity index (χ1) is 5.83. The highest BCUT2D eigenvalue weighted by atomic mass is 35.5. The first-order valence-electron chi connectivity index (χ1n) is 4.08. The van der Waals surface area contributed by atoms with E-state index >= 15 is 0 Å². The van der Waals surface area contributed by atoms with Crippen LogP contribution < -0.4 is 4.74 Å². The van der Waals surface area contributed by atoms with Crippen molar-refractivity contribution in [3.8, 4) is 5.75 Å². The topological polar surface area (TPSA) is 26.3 Å². The van der Waals surface area contributed by atoms with Gasteiger partial charge in [-0.2, -0.15) is 0 Å². The minimum Gasteiger partial charge on any atom is -0.427 e. The number of halogens is 1. The molecule has 72 valence electrons. The van der Waals surface area contributed by atoms with Gasteiger partial charge in [-0.3, -0.25) is 4.79 Å². The Morgan fingerprint density at radius 2 is 1.92 bits per heavy atom. The third-order valence-corrected chi connectivity index (χ3v) is 1.43. The highest BCUT2D eigenvalue weighted by molar-refractivity contribution is 5.85. The van der Waals surface area contributed by atoms with Gasteiger partial charge >= 0.3 is 5.97 Å².